The predicted molar refractivity (Wildman–Crippen MR) is 94.7 cm³/mol. The number of benzene rings is 2. The Balaban J connectivity index is 1.54. The summed E-state index contributed by atoms with van der Waals surface area (Å²) in [6, 6.07) is 17.8. The number of thiazole rings is 1. The Kier molecular flexibility index (Phi) is 3.77. The van der Waals surface area contributed by atoms with E-state index in [0.717, 1.165) is 11.4 Å². The van der Waals surface area contributed by atoms with Gasteiger partial charge in [-0.25, -0.2) is 4.98 Å². The molecular formula is C18H13ClN2OS. The zero-order valence-corrected chi connectivity index (χ0v) is 13.7. The number of halogens is 1. The molecule has 0 radical (unpaired) electrons. The molecule has 0 saturated heterocycles. The average Bonchev–Trinajstić information content (AvgIpc) is 3.16. The van der Waals surface area contributed by atoms with E-state index in [-0.39, 0.29) is 0 Å². The minimum Gasteiger partial charge on any atom is -0.431 e. The summed E-state index contributed by atoms with van der Waals surface area (Å²) in [5.74, 6) is 0.699. The molecule has 2 heterocycles. The molecule has 0 aliphatic rings. The van der Waals surface area contributed by atoms with Gasteiger partial charge in [0.05, 0.1) is 6.54 Å². The first-order chi connectivity index (χ1) is 11.3. The number of aromatic nitrogens is 2. The molecule has 4 rings (SSSR count). The monoisotopic (exact) mass is 340 g/mol. The van der Waals surface area contributed by atoms with E-state index in [1.54, 1.807) is 17.4 Å². The van der Waals surface area contributed by atoms with Crippen molar-refractivity contribution in [2.45, 2.75) is 6.54 Å². The van der Waals surface area contributed by atoms with Gasteiger partial charge in [-0.05, 0) is 35.7 Å². The lowest BCUT2D eigenvalue weighted by atomic mass is 10.2. The van der Waals surface area contributed by atoms with Crippen LogP contribution in [0.3, 0.4) is 0 Å². The van der Waals surface area contributed by atoms with Crippen molar-refractivity contribution in [3.8, 4) is 10.9 Å². The SMILES string of the molecule is Clc1cccc(Oc2ncc(Cn3ccc4ccccc43)s2)c1. The first-order valence-electron chi connectivity index (χ1n) is 7.20. The van der Waals surface area contributed by atoms with Crippen molar-refractivity contribution in [1.29, 1.82) is 0 Å². The predicted octanol–water partition coefficient (Wildman–Crippen LogP) is 5.59. The molecule has 2 aromatic carbocycles. The highest BCUT2D eigenvalue weighted by atomic mass is 35.5. The number of nitrogens with zero attached hydrogens (tertiary/aromatic N) is 2. The zero-order chi connectivity index (χ0) is 15.6. The Hall–Kier alpha value is -2.30. The van der Waals surface area contributed by atoms with Gasteiger partial charge in [0.1, 0.15) is 5.75 Å². The van der Waals surface area contributed by atoms with Gasteiger partial charge < -0.3 is 9.30 Å². The largest absolute Gasteiger partial charge is 0.431 e. The van der Waals surface area contributed by atoms with E-state index in [9.17, 15) is 0 Å². The molecule has 114 valence electrons. The second-order valence-electron chi connectivity index (χ2n) is 5.15. The van der Waals surface area contributed by atoms with Crippen molar-refractivity contribution in [3.05, 3.63) is 76.9 Å². The van der Waals surface area contributed by atoms with Crippen LogP contribution in [0.25, 0.3) is 10.9 Å². The van der Waals surface area contributed by atoms with Crippen LogP contribution in [0.2, 0.25) is 5.02 Å². The van der Waals surface area contributed by atoms with Crippen molar-refractivity contribution >= 4 is 33.8 Å². The molecular weight excluding hydrogens is 328 g/mol. The highest BCUT2D eigenvalue weighted by molar-refractivity contribution is 7.13. The van der Waals surface area contributed by atoms with Gasteiger partial charge in [0.2, 0.25) is 0 Å². The summed E-state index contributed by atoms with van der Waals surface area (Å²) >= 11 is 7.51. The Labute approximate surface area is 142 Å². The molecule has 0 fully saturated rings. The number of hydrogen-bond acceptors (Lipinski definition) is 3. The lowest BCUT2D eigenvalue weighted by molar-refractivity contribution is 0.479. The fourth-order valence-corrected chi connectivity index (χ4v) is 3.44. The maximum Gasteiger partial charge on any atom is 0.278 e. The van der Waals surface area contributed by atoms with Gasteiger partial charge in [-0.15, -0.1) is 0 Å². The normalized spacial score (nSPS) is 11.0. The highest BCUT2D eigenvalue weighted by Crippen LogP contribution is 2.29. The number of para-hydroxylation sites is 1. The molecule has 0 amide bonds. The van der Waals surface area contributed by atoms with Crippen LogP contribution in [0.4, 0.5) is 0 Å². The number of rotatable bonds is 4. The molecule has 0 aliphatic carbocycles. The Bertz CT molecular complexity index is 960. The van der Waals surface area contributed by atoms with E-state index in [4.69, 9.17) is 16.3 Å². The van der Waals surface area contributed by atoms with Crippen LogP contribution >= 0.6 is 22.9 Å². The first kappa shape index (κ1) is 14.3. The third-order valence-corrected chi connectivity index (χ3v) is 4.64. The molecule has 3 nitrogen and oxygen atoms in total. The zero-order valence-electron chi connectivity index (χ0n) is 12.1. The quantitative estimate of drug-likeness (QED) is 0.484. The van der Waals surface area contributed by atoms with Crippen LogP contribution in [0.5, 0.6) is 10.9 Å². The van der Waals surface area contributed by atoms with Crippen molar-refractivity contribution in [3.63, 3.8) is 0 Å². The summed E-state index contributed by atoms with van der Waals surface area (Å²) in [5.41, 5.74) is 1.22. The molecule has 23 heavy (non-hydrogen) atoms. The first-order valence-corrected chi connectivity index (χ1v) is 8.39. The van der Waals surface area contributed by atoms with Crippen molar-refractivity contribution in [2.75, 3.05) is 0 Å². The van der Waals surface area contributed by atoms with Gasteiger partial charge in [0.25, 0.3) is 5.19 Å². The molecule has 0 saturated carbocycles. The van der Waals surface area contributed by atoms with E-state index in [1.165, 1.54) is 10.9 Å². The van der Waals surface area contributed by atoms with Gasteiger partial charge in [0.15, 0.2) is 0 Å². The van der Waals surface area contributed by atoms with E-state index >= 15 is 0 Å². The molecule has 0 aliphatic heterocycles. The highest BCUT2D eigenvalue weighted by Gasteiger charge is 2.07. The summed E-state index contributed by atoms with van der Waals surface area (Å²) in [6.07, 6.45) is 3.96. The summed E-state index contributed by atoms with van der Waals surface area (Å²) in [5, 5.41) is 2.52. The number of fused-ring (bicyclic) bond motifs is 1. The lowest BCUT2D eigenvalue weighted by Gasteiger charge is -2.03. The summed E-state index contributed by atoms with van der Waals surface area (Å²) in [7, 11) is 0. The van der Waals surface area contributed by atoms with Crippen LogP contribution in [0.15, 0.2) is 67.0 Å². The van der Waals surface area contributed by atoms with E-state index < -0.39 is 0 Å². The van der Waals surface area contributed by atoms with Crippen molar-refractivity contribution in [2.24, 2.45) is 0 Å². The molecule has 4 aromatic rings. The molecule has 0 N–H and O–H groups in total. The fourth-order valence-electron chi connectivity index (χ4n) is 2.49. The smallest absolute Gasteiger partial charge is 0.278 e. The topological polar surface area (TPSA) is 27.1 Å². The maximum atomic E-state index is 5.97. The second kappa shape index (κ2) is 6.07. The minimum absolute atomic E-state index is 0.624. The van der Waals surface area contributed by atoms with Gasteiger partial charge in [-0.2, -0.15) is 0 Å². The van der Waals surface area contributed by atoms with Crippen LogP contribution in [-0.2, 0) is 6.54 Å². The average molecular weight is 341 g/mol. The lowest BCUT2D eigenvalue weighted by Crippen LogP contribution is -1.94. The Morgan fingerprint density at radius 3 is 2.91 bits per heavy atom. The van der Waals surface area contributed by atoms with Crippen LogP contribution in [0, 0.1) is 0 Å². The van der Waals surface area contributed by atoms with Crippen molar-refractivity contribution in [1.82, 2.24) is 9.55 Å². The summed E-state index contributed by atoms with van der Waals surface area (Å²) in [6.45, 7) is 0.782. The summed E-state index contributed by atoms with van der Waals surface area (Å²) in [4.78, 5) is 5.48. The fraction of sp³-hybridized carbons (Fsp3) is 0.0556. The van der Waals surface area contributed by atoms with E-state index in [1.807, 2.05) is 24.4 Å². The van der Waals surface area contributed by atoms with E-state index in [0.29, 0.717) is 16.0 Å². The second-order valence-corrected chi connectivity index (χ2v) is 6.67. The molecule has 0 atom stereocenters. The third-order valence-electron chi connectivity index (χ3n) is 3.54. The number of ether oxygens (including phenoxy) is 1. The standard InChI is InChI=1S/C18H13ClN2OS/c19-14-5-3-6-15(10-14)22-18-20-11-16(23-18)12-21-9-8-13-4-1-2-7-17(13)21/h1-11H,12H2. The number of hydrogen-bond donors (Lipinski definition) is 0. The van der Waals surface area contributed by atoms with Crippen LogP contribution in [0.1, 0.15) is 4.88 Å². The van der Waals surface area contributed by atoms with Crippen LogP contribution < -0.4 is 4.74 Å². The molecule has 5 heteroatoms. The van der Waals surface area contributed by atoms with Gasteiger partial charge in [-0.1, -0.05) is 47.2 Å². The van der Waals surface area contributed by atoms with Gasteiger partial charge in [0, 0.05) is 27.8 Å². The molecule has 0 unspecified atom stereocenters. The minimum atomic E-state index is 0.624. The summed E-state index contributed by atoms with van der Waals surface area (Å²) < 4.78 is 7.97. The Morgan fingerprint density at radius 2 is 2.00 bits per heavy atom. The Morgan fingerprint density at radius 1 is 1.09 bits per heavy atom. The molecule has 0 spiro atoms. The maximum absolute atomic E-state index is 5.97. The van der Waals surface area contributed by atoms with Gasteiger partial charge >= 0.3 is 0 Å². The van der Waals surface area contributed by atoms with Gasteiger partial charge in [-0.3, -0.25) is 0 Å². The van der Waals surface area contributed by atoms with Crippen molar-refractivity contribution < 1.29 is 4.74 Å². The third kappa shape index (κ3) is 3.09. The van der Waals surface area contributed by atoms with E-state index in [2.05, 4.69) is 46.1 Å². The molecule has 2 aromatic heterocycles. The van der Waals surface area contributed by atoms with Crippen LogP contribution in [-0.4, -0.2) is 9.55 Å². The molecule has 0 bridgehead atoms.